The van der Waals surface area contributed by atoms with Crippen molar-refractivity contribution in [1.29, 1.82) is 0 Å². The maximum atomic E-state index is 12.0. The second-order valence-electron chi connectivity index (χ2n) is 5.11. The number of aliphatic carboxylic acids is 1. The average molecular weight is 261 g/mol. The van der Waals surface area contributed by atoms with Gasteiger partial charge in [0.15, 0.2) is 0 Å². The molecule has 1 aromatic carbocycles. The number of benzene rings is 1. The summed E-state index contributed by atoms with van der Waals surface area (Å²) in [6.45, 7) is 4.50. The van der Waals surface area contributed by atoms with Crippen molar-refractivity contribution in [3.8, 4) is 0 Å². The Morgan fingerprint density at radius 3 is 2.74 bits per heavy atom. The van der Waals surface area contributed by atoms with Gasteiger partial charge in [0.05, 0.1) is 5.92 Å². The van der Waals surface area contributed by atoms with Crippen molar-refractivity contribution >= 4 is 17.6 Å². The summed E-state index contributed by atoms with van der Waals surface area (Å²) in [5.74, 6) is -1.22. The van der Waals surface area contributed by atoms with Crippen LogP contribution in [0.3, 0.4) is 0 Å². The van der Waals surface area contributed by atoms with E-state index in [4.69, 9.17) is 5.11 Å². The van der Waals surface area contributed by atoms with E-state index in [0.717, 1.165) is 17.7 Å². The molecule has 102 valence electrons. The summed E-state index contributed by atoms with van der Waals surface area (Å²) in [7, 11) is 0. The molecule has 0 unspecified atom stereocenters. The van der Waals surface area contributed by atoms with Crippen molar-refractivity contribution in [2.75, 3.05) is 11.4 Å². The fraction of sp³-hybridized carbons (Fsp3) is 0.467. The standard InChI is InChI=1S/C15H19NO3/c1-3-10(2)12-6-4-5-7-13(12)16-9-11(15(18)19)8-14(16)17/h4-7,10-11H,3,8-9H2,1-2H3,(H,18,19)/t10-,11-/m0/s1. The van der Waals surface area contributed by atoms with Gasteiger partial charge in [0.1, 0.15) is 0 Å². The number of nitrogens with zero attached hydrogens (tertiary/aromatic N) is 1. The number of carboxylic acids is 1. The molecule has 0 saturated carbocycles. The van der Waals surface area contributed by atoms with Gasteiger partial charge in [-0.1, -0.05) is 32.0 Å². The van der Waals surface area contributed by atoms with Gasteiger partial charge in [-0.25, -0.2) is 0 Å². The molecule has 0 spiro atoms. The molecule has 1 N–H and O–H groups in total. The van der Waals surface area contributed by atoms with Gasteiger partial charge in [0.25, 0.3) is 0 Å². The minimum Gasteiger partial charge on any atom is -0.481 e. The van der Waals surface area contributed by atoms with Gasteiger partial charge < -0.3 is 10.0 Å². The van der Waals surface area contributed by atoms with E-state index < -0.39 is 11.9 Å². The Morgan fingerprint density at radius 1 is 1.47 bits per heavy atom. The average Bonchev–Trinajstić information content (AvgIpc) is 2.80. The Morgan fingerprint density at radius 2 is 2.16 bits per heavy atom. The Hall–Kier alpha value is -1.84. The minimum atomic E-state index is -0.892. The van der Waals surface area contributed by atoms with Gasteiger partial charge in [-0.2, -0.15) is 0 Å². The third kappa shape index (κ3) is 2.62. The maximum Gasteiger partial charge on any atom is 0.308 e. The molecule has 1 aliphatic heterocycles. The first-order chi connectivity index (χ1) is 9.04. The van der Waals surface area contributed by atoms with E-state index in [1.54, 1.807) is 4.90 Å². The summed E-state index contributed by atoms with van der Waals surface area (Å²) >= 11 is 0. The van der Waals surface area contributed by atoms with Crippen molar-refractivity contribution in [2.45, 2.75) is 32.6 Å². The first kappa shape index (κ1) is 13.6. The number of hydrogen-bond donors (Lipinski definition) is 1. The van der Waals surface area contributed by atoms with Gasteiger partial charge in [0.2, 0.25) is 5.91 Å². The van der Waals surface area contributed by atoms with Crippen LogP contribution in [0.5, 0.6) is 0 Å². The zero-order chi connectivity index (χ0) is 14.0. The van der Waals surface area contributed by atoms with Gasteiger partial charge in [0, 0.05) is 18.7 Å². The lowest BCUT2D eigenvalue weighted by Gasteiger charge is -2.22. The number of rotatable bonds is 4. The number of carbonyl (C=O) groups is 2. The lowest BCUT2D eigenvalue weighted by atomic mass is 9.96. The number of carboxylic acid groups (broad SMARTS) is 1. The van der Waals surface area contributed by atoms with Gasteiger partial charge in [-0.3, -0.25) is 9.59 Å². The zero-order valence-corrected chi connectivity index (χ0v) is 11.3. The predicted octanol–water partition coefficient (Wildman–Crippen LogP) is 2.64. The van der Waals surface area contributed by atoms with Gasteiger partial charge >= 0.3 is 5.97 Å². The van der Waals surface area contributed by atoms with Crippen molar-refractivity contribution in [3.05, 3.63) is 29.8 Å². The molecule has 2 rings (SSSR count). The lowest BCUT2D eigenvalue weighted by molar-refractivity contribution is -0.141. The third-order valence-electron chi connectivity index (χ3n) is 3.85. The normalized spacial score (nSPS) is 20.6. The molecule has 1 aromatic rings. The van der Waals surface area contributed by atoms with E-state index in [2.05, 4.69) is 13.8 Å². The second kappa shape index (κ2) is 5.43. The third-order valence-corrected chi connectivity index (χ3v) is 3.85. The SMILES string of the molecule is CC[C@H](C)c1ccccc1N1C[C@@H](C(=O)O)CC1=O. The summed E-state index contributed by atoms with van der Waals surface area (Å²) in [6.07, 6.45) is 1.09. The monoisotopic (exact) mass is 261 g/mol. The summed E-state index contributed by atoms with van der Waals surface area (Å²) < 4.78 is 0. The molecule has 0 aromatic heterocycles. The van der Waals surface area contributed by atoms with Crippen LogP contribution in [-0.2, 0) is 9.59 Å². The lowest BCUT2D eigenvalue weighted by Crippen LogP contribution is -2.27. The predicted molar refractivity (Wildman–Crippen MR) is 73.2 cm³/mol. The van der Waals surface area contributed by atoms with Crippen LogP contribution in [0, 0.1) is 5.92 Å². The molecule has 19 heavy (non-hydrogen) atoms. The molecule has 1 aliphatic rings. The number of para-hydroxylation sites is 1. The molecule has 0 radical (unpaired) electrons. The van der Waals surface area contributed by atoms with Crippen molar-refractivity contribution in [1.82, 2.24) is 0 Å². The first-order valence-electron chi connectivity index (χ1n) is 6.66. The Labute approximate surface area is 113 Å². The Kier molecular flexibility index (Phi) is 3.88. The van der Waals surface area contributed by atoms with E-state index in [0.29, 0.717) is 5.92 Å². The van der Waals surface area contributed by atoms with Gasteiger partial charge in [-0.05, 0) is 24.0 Å². The van der Waals surface area contributed by atoms with Crippen molar-refractivity contribution < 1.29 is 14.7 Å². The largest absolute Gasteiger partial charge is 0.481 e. The molecule has 1 saturated heterocycles. The quantitative estimate of drug-likeness (QED) is 0.906. The van der Waals surface area contributed by atoms with Crippen molar-refractivity contribution in [2.24, 2.45) is 5.92 Å². The summed E-state index contributed by atoms with van der Waals surface area (Å²) in [4.78, 5) is 24.7. The van der Waals surface area contributed by atoms with E-state index in [-0.39, 0.29) is 18.9 Å². The first-order valence-corrected chi connectivity index (χ1v) is 6.66. The number of hydrogen-bond acceptors (Lipinski definition) is 2. The summed E-state index contributed by atoms with van der Waals surface area (Å²) in [5.41, 5.74) is 1.98. The van der Waals surface area contributed by atoms with Crippen LogP contribution in [0.2, 0.25) is 0 Å². The molecule has 4 heteroatoms. The molecule has 4 nitrogen and oxygen atoms in total. The zero-order valence-electron chi connectivity index (χ0n) is 11.3. The molecule has 1 amide bonds. The van der Waals surface area contributed by atoms with E-state index in [1.807, 2.05) is 24.3 Å². The van der Waals surface area contributed by atoms with Crippen molar-refractivity contribution in [3.63, 3.8) is 0 Å². The number of anilines is 1. The Bertz CT molecular complexity index is 498. The molecule has 0 bridgehead atoms. The fourth-order valence-electron chi connectivity index (χ4n) is 2.48. The van der Waals surface area contributed by atoms with E-state index >= 15 is 0 Å². The van der Waals surface area contributed by atoms with Crippen LogP contribution in [0.15, 0.2) is 24.3 Å². The highest BCUT2D eigenvalue weighted by Gasteiger charge is 2.36. The molecule has 1 fully saturated rings. The second-order valence-corrected chi connectivity index (χ2v) is 5.11. The van der Waals surface area contributed by atoms with Gasteiger partial charge in [-0.15, -0.1) is 0 Å². The van der Waals surface area contributed by atoms with Crippen LogP contribution in [-0.4, -0.2) is 23.5 Å². The number of amides is 1. The highest BCUT2D eigenvalue weighted by atomic mass is 16.4. The van der Waals surface area contributed by atoms with Crippen LogP contribution in [0.25, 0.3) is 0 Å². The van der Waals surface area contributed by atoms with Crippen LogP contribution in [0.1, 0.15) is 38.2 Å². The smallest absolute Gasteiger partial charge is 0.308 e. The minimum absolute atomic E-state index is 0.0943. The van der Waals surface area contributed by atoms with E-state index in [9.17, 15) is 9.59 Å². The van der Waals surface area contributed by atoms with Crippen LogP contribution in [0.4, 0.5) is 5.69 Å². The highest BCUT2D eigenvalue weighted by molar-refractivity contribution is 5.99. The molecular formula is C15H19NO3. The molecule has 2 atom stereocenters. The topological polar surface area (TPSA) is 57.6 Å². The van der Waals surface area contributed by atoms with Crippen LogP contribution >= 0.6 is 0 Å². The summed E-state index contributed by atoms with van der Waals surface area (Å²) in [6, 6.07) is 7.78. The van der Waals surface area contributed by atoms with E-state index in [1.165, 1.54) is 0 Å². The molecule has 1 heterocycles. The molecule has 0 aliphatic carbocycles. The van der Waals surface area contributed by atoms with Crippen LogP contribution < -0.4 is 4.90 Å². The Balaban J connectivity index is 2.32. The molecular weight excluding hydrogens is 242 g/mol. The summed E-state index contributed by atoms with van der Waals surface area (Å²) in [5, 5.41) is 9.04. The fourth-order valence-corrected chi connectivity index (χ4v) is 2.48. The number of carbonyl (C=O) groups excluding carboxylic acids is 1. The maximum absolute atomic E-state index is 12.0. The highest BCUT2D eigenvalue weighted by Crippen LogP contribution is 2.33.